The SMILES string of the molecule is O=C(O)CCCCCCC(NS(=O)(=O)c1ccccc1C(F)(F)F)c1ccccc1. The lowest BCUT2D eigenvalue weighted by Crippen LogP contribution is -2.30. The first kappa shape index (κ1) is 23.9. The number of carboxylic acids is 1. The van der Waals surface area contributed by atoms with Gasteiger partial charge in [0.25, 0.3) is 0 Å². The summed E-state index contributed by atoms with van der Waals surface area (Å²) >= 11 is 0. The molecule has 0 radical (unpaired) electrons. The second kappa shape index (κ2) is 10.6. The average Bonchev–Trinajstić information content (AvgIpc) is 2.69. The van der Waals surface area contributed by atoms with Crippen LogP contribution in [0.2, 0.25) is 0 Å². The Bertz CT molecular complexity index is 931. The van der Waals surface area contributed by atoms with Gasteiger partial charge in [-0.2, -0.15) is 13.2 Å². The first-order valence-corrected chi connectivity index (χ1v) is 11.0. The van der Waals surface area contributed by atoms with Crippen LogP contribution in [0, 0.1) is 0 Å². The van der Waals surface area contributed by atoms with Crippen LogP contribution in [-0.4, -0.2) is 19.5 Å². The molecule has 0 heterocycles. The van der Waals surface area contributed by atoms with E-state index in [4.69, 9.17) is 5.11 Å². The van der Waals surface area contributed by atoms with Crippen LogP contribution in [-0.2, 0) is 21.0 Å². The number of benzene rings is 2. The van der Waals surface area contributed by atoms with Crippen molar-refractivity contribution in [3.05, 3.63) is 65.7 Å². The summed E-state index contributed by atoms with van der Waals surface area (Å²) in [6.45, 7) is 0. The molecule has 0 aliphatic rings. The number of sulfonamides is 1. The molecule has 9 heteroatoms. The summed E-state index contributed by atoms with van der Waals surface area (Å²) in [5.74, 6) is -0.867. The molecule has 0 spiro atoms. The molecule has 0 fully saturated rings. The quantitative estimate of drug-likeness (QED) is 0.471. The number of nitrogens with one attached hydrogen (secondary N) is 1. The zero-order chi connectivity index (χ0) is 22.2. The monoisotopic (exact) mass is 443 g/mol. The van der Waals surface area contributed by atoms with Crippen LogP contribution >= 0.6 is 0 Å². The molecular weight excluding hydrogens is 419 g/mol. The zero-order valence-electron chi connectivity index (χ0n) is 16.2. The van der Waals surface area contributed by atoms with E-state index in [2.05, 4.69) is 4.72 Å². The largest absolute Gasteiger partial charge is 0.481 e. The molecule has 0 aliphatic carbocycles. The third kappa shape index (κ3) is 7.14. The van der Waals surface area contributed by atoms with Gasteiger partial charge >= 0.3 is 12.1 Å². The summed E-state index contributed by atoms with van der Waals surface area (Å²) in [6.07, 6.45) is -1.85. The van der Waals surface area contributed by atoms with Crippen LogP contribution in [0.1, 0.15) is 55.7 Å². The topological polar surface area (TPSA) is 83.5 Å². The number of hydrogen-bond donors (Lipinski definition) is 2. The molecule has 2 N–H and O–H groups in total. The lowest BCUT2D eigenvalue weighted by Gasteiger charge is -2.21. The van der Waals surface area contributed by atoms with E-state index >= 15 is 0 Å². The predicted octanol–water partition coefficient (Wildman–Crippen LogP) is 5.15. The Balaban J connectivity index is 2.17. The van der Waals surface area contributed by atoms with Crippen molar-refractivity contribution < 1.29 is 31.5 Å². The fraction of sp³-hybridized carbons (Fsp3) is 0.381. The molecule has 2 rings (SSSR count). The molecule has 0 aliphatic heterocycles. The van der Waals surface area contributed by atoms with Crippen LogP contribution in [0.5, 0.6) is 0 Å². The number of carboxylic acid groups (broad SMARTS) is 1. The summed E-state index contributed by atoms with van der Waals surface area (Å²) < 4.78 is 67.9. The highest BCUT2D eigenvalue weighted by Gasteiger charge is 2.37. The molecule has 1 atom stereocenters. The summed E-state index contributed by atoms with van der Waals surface area (Å²) in [4.78, 5) is 9.75. The molecule has 1 unspecified atom stereocenters. The Morgan fingerprint density at radius 1 is 0.933 bits per heavy atom. The van der Waals surface area contributed by atoms with E-state index in [0.717, 1.165) is 18.2 Å². The van der Waals surface area contributed by atoms with Crippen molar-refractivity contribution >= 4 is 16.0 Å². The molecule has 0 amide bonds. The van der Waals surface area contributed by atoms with Crippen LogP contribution < -0.4 is 4.72 Å². The lowest BCUT2D eigenvalue weighted by molar-refractivity contribution is -0.140. The third-order valence-corrected chi connectivity index (χ3v) is 6.14. The Kier molecular flexibility index (Phi) is 8.43. The van der Waals surface area contributed by atoms with E-state index in [9.17, 15) is 26.4 Å². The minimum Gasteiger partial charge on any atom is -0.481 e. The Morgan fingerprint density at radius 3 is 2.17 bits per heavy atom. The molecule has 0 saturated heterocycles. The summed E-state index contributed by atoms with van der Waals surface area (Å²) in [5, 5.41) is 8.67. The summed E-state index contributed by atoms with van der Waals surface area (Å²) in [6, 6.07) is 12.0. The first-order chi connectivity index (χ1) is 14.1. The van der Waals surface area contributed by atoms with E-state index in [1.165, 1.54) is 6.07 Å². The van der Waals surface area contributed by atoms with Gasteiger partial charge in [-0.05, 0) is 30.5 Å². The molecule has 2 aromatic rings. The molecule has 0 saturated carbocycles. The number of aliphatic carboxylic acids is 1. The highest BCUT2D eigenvalue weighted by atomic mass is 32.2. The minimum absolute atomic E-state index is 0.0724. The standard InChI is InChI=1S/C21H24F3NO4S/c22-21(23,24)17-12-8-9-14-19(17)30(28,29)25-18(16-10-4-3-5-11-16)13-6-1-2-7-15-20(26)27/h3-5,8-12,14,18,25H,1-2,6-7,13,15H2,(H,26,27). The minimum atomic E-state index is -4.79. The number of rotatable bonds is 11. The van der Waals surface area contributed by atoms with Crippen molar-refractivity contribution in [2.24, 2.45) is 0 Å². The van der Waals surface area contributed by atoms with E-state index < -0.39 is 38.7 Å². The summed E-state index contributed by atoms with van der Waals surface area (Å²) in [5.41, 5.74) is -0.561. The van der Waals surface area contributed by atoms with Gasteiger partial charge in [-0.15, -0.1) is 0 Å². The van der Waals surface area contributed by atoms with Gasteiger partial charge in [0.05, 0.1) is 10.5 Å². The van der Waals surface area contributed by atoms with E-state index in [1.54, 1.807) is 30.3 Å². The van der Waals surface area contributed by atoms with E-state index in [1.807, 2.05) is 0 Å². The number of carbonyl (C=O) groups is 1. The smallest absolute Gasteiger partial charge is 0.417 e. The normalized spacial score (nSPS) is 13.2. The first-order valence-electron chi connectivity index (χ1n) is 9.56. The van der Waals surface area contributed by atoms with Crippen LogP contribution in [0.4, 0.5) is 13.2 Å². The molecule has 164 valence electrons. The van der Waals surface area contributed by atoms with Crippen molar-refractivity contribution in [3.8, 4) is 0 Å². The van der Waals surface area contributed by atoms with Crippen molar-refractivity contribution in [1.82, 2.24) is 4.72 Å². The molecule has 5 nitrogen and oxygen atoms in total. The maximum Gasteiger partial charge on any atom is 0.417 e. The van der Waals surface area contributed by atoms with E-state index in [0.29, 0.717) is 37.7 Å². The molecule has 2 aromatic carbocycles. The lowest BCUT2D eigenvalue weighted by atomic mass is 10.0. The van der Waals surface area contributed by atoms with Crippen LogP contribution in [0.15, 0.2) is 59.5 Å². The molecule has 0 bridgehead atoms. The predicted molar refractivity (Wildman–Crippen MR) is 106 cm³/mol. The van der Waals surface area contributed by atoms with Crippen molar-refractivity contribution in [1.29, 1.82) is 0 Å². The van der Waals surface area contributed by atoms with Crippen molar-refractivity contribution in [2.75, 3.05) is 0 Å². The highest BCUT2D eigenvalue weighted by Crippen LogP contribution is 2.34. The van der Waals surface area contributed by atoms with Gasteiger partial charge in [0.15, 0.2) is 0 Å². The summed E-state index contributed by atoms with van der Waals surface area (Å²) in [7, 11) is -4.43. The van der Waals surface area contributed by atoms with Crippen molar-refractivity contribution in [3.63, 3.8) is 0 Å². The number of halogens is 3. The Hall–Kier alpha value is -2.39. The number of unbranched alkanes of at least 4 members (excludes halogenated alkanes) is 3. The second-order valence-electron chi connectivity index (χ2n) is 6.93. The third-order valence-electron chi connectivity index (χ3n) is 4.61. The maximum atomic E-state index is 13.3. The fourth-order valence-corrected chi connectivity index (χ4v) is 4.63. The molecule has 0 aromatic heterocycles. The van der Waals surface area contributed by atoms with Gasteiger partial charge in [-0.3, -0.25) is 4.79 Å². The van der Waals surface area contributed by atoms with Gasteiger partial charge in [0.1, 0.15) is 0 Å². The molecule has 30 heavy (non-hydrogen) atoms. The van der Waals surface area contributed by atoms with Crippen LogP contribution in [0.3, 0.4) is 0 Å². The fourth-order valence-electron chi connectivity index (χ4n) is 3.14. The Morgan fingerprint density at radius 2 is 1.53 bits per heavy atom. The number of hydrogen-bond acceptors (Lipinski definition) is 3. The van der Waals surface area contributed by atoms with E-state index in [-0.39, 0.29) is 6.42 Å². The van der Waals surface area contributed by atoms with Gasteiger partial charge in [-0.25, -0.2) is 13.1 Å². The molecular formula is C21H24F3NO4S. The van der Waals surface area contributed by atoms with Gasteiger partial charge in [0.2, 0.25) is 10.0 Å². The highest BCUT2D eigenvalue weighted by molar-refractivity contribution is 7.89. The van der Waals surface area contributed by atoms with Crippen LogP contribution in [0.25, 0.3) is 0 Å². The second-order valence-corrected chi connectivity index (χ2v) is 8.61. The van der Waals surface area contributed by atoms with Gasteiger partial charge in [-0.1, -0.05) is 61.7 Å². The average molecular weight is 443 g/mol. The Labute approximate surface area is 174 Å². The zero-order valence-corrected chi connectivity index (χ0v) is 17.0. The number of alkyl halides is 3. The van der Waals surface area contributed by atoms with Gasteiger partial charge in [0, 0.05) is 12.5 Å². The van der Waals surface area contributed by atoms with Crippen molar-refractivity contribution in [2.45, 2.75) is 55.6 Å². The van der Waals surface area contributed by atoms with Gasteiger partial charge < -0.3 is 5.11 Å². The maximum absolute atomic E-state index is 13.3.